The van der Waals surface area contributed by atoms with Crippen molar-refractivity contribution in [1.82, 2.24) is 0 Å². The van der Waals surface area contributed by atoms with Gasteiger partial charge in [-0.1, -0.05) is 40.2 Å². The maximum Gasteiger partial charge on any atom is 0.332 e. The Morgan fingerprint density at radius 3 is 2.80 bits per heavy atom. The maximum absolute atomic E-state index is 11.1. The Kier molecular flexibility index (Phi) is 2.40. The number of nitrogens with two attached hydrogens (primary N) is 1. The van der Waals surface area contributed by atoms with Gasteiger partial charge in [0.15, 0.2) is 0 Å². The smallest absolute Gasteiger partial charge is 0.332 e. The summed E-state index contributed by atoms with van der Waals surface area (Å²) in [7, 11) is 0. The predicted octanol–water partition coefficient (Wildman–Crippen LogP) is 0.156. The van der Waals surface area contributed by atoms with Crippen LogP contribution in [0.15, 0.2) is 24.3 Å². The van der Waals surface area contributed by atoms with Crippen LogP contribution in [0.2, 0.25) is 0 Å². The molecule has 0 aliphatic heterocycles. The van der Waals surface area contributed by atoms with Crippen LogP contribution in [0.5, 0.6) is 0 Å². The quantitative estimate of drug-likeness (QED) is 0.563. The number of carboxylic acid groups (broad SMARTS) is 1. The zero-order chi connectivity index (χ0) is 11.1. The summed E-state index contributed by atoms with van der Waals surface area (Å²) in [6.45, 7) is 0. The van der Waals surface area contributed by atoms with Gasteiger partial charge in [0.1, 0.15) is 0 Å². The first kappa shape index (κ1) is 10.4. The minimum absolute atomic E-state index is 0.291. The van der Waals surface area contributed by atoms with E-state index in [1.807, 2.05) is 24.3 Å². The maximum atomic E-state index is 11.1. The normalized spacial score (nSPS) is 24.3. The molecule has 3 N–H and O–H groups in total. The Morgan fingerprint density at radius 2 is 2.13 bits per heavy atom. The van der Waals surface area contributed by atoms with Gasteiger partial charge in [-0.2, -0.15) is 0 Å². The highest BCUT2D eigenvalue weighted by molar-refractivity contribution is 9.10. The van der Waals surface area contributed by atoms with Crippen LogP contribution in [0.4, 0.5) is 0 Å². The van der Waals surface area contributed by atoms with Crippen molar-refractivity contribution in [3.8, 4) is 0 Å². The third-order valence-corrected chi connectivity index (χ3v) is 2.90. The van der Waals surface area contributed by atoms with E-state index < -0.39 is 10.4 Å². The van der Waals surface area contributed by atoms with Gasteiger partial charge in [-0.3, -0.25) is 0 Å². The third kappa shape index (κ3) is 1.96. The second-order valence-corrected chi connectivity index (χ2v) is 5.10. The molecular formula is C11H10BrNO2. The molecule has 1 aliphatic carbocycles. The molecule has 78 valence electrons. The summed E-state index contributed by atoms with van der Waals surface area (Å²) in [5, 5.41) is 10.7. The molecule has 1 aromatic carbocycles. The van der Waals surface area contributed by atoms with E-state index in [0.717, 1.165) is 10.4 Å². The first-order chi connectivity index (χ1) is 6.99. The van der Waals surface area contributed by atoms with Crippen LogP contribution < -0.4 is 16.2 Å². The minimum Gasteiger partial charge on any atom is -0.478 e. The van der Waals surface area contributed by atoms with Crippen molar-refractivity contribution in [1.29, 1.82) is 0 Å². The molecule has 0 radical (unpaired) electrons. The molecule has 0 fully saturated rings. The molecule has 1 unspecified atom stereocenters. The van der Waals surface area contributed by atoms with Gasteiger partial charge in [0.05, 0.1) is 4.45 Å². The summed E-state index contributed by atoms with van der Waals surface area (Å²) in [5.41, 5.74) is 6.25. The fourth-order valence-electron chi connectivity index (χ4n) is 1.76. The molecule has 0 saturated carbocycles. The van der Waals surface area contributed by atoms with Crippen LogP contribution >= 0.6 is 15.9 Å². The molecular weight excluding hydrogens is 258 g/mol. The SMILES string of the molecule is NC1(Br)C=c2ccccc2=C(C(=O)O)C1. The lowest BCUT2D eigenvalue weighted by molar-refractivity contribution is -0.130. The van der Waals surface area contributed by atoms with Gasteiger partial charge in [0.2, 0.25) is 0 Å². The largest absolute Gasteiger partial charge is 0.478 e. The van der Waals surface area contributed by atoms with Crippen LogP contribution in [0.25, 0.3) is 11.6 Å². The van der Waals surface area contributed by atoms with E-state index in [0.29, 0.717) is 12.0 Å². The van der Waals surface area contributed by atoms with Crippen molar-refractivity contribution in [2.24, 2.45) is 5.73 Å². The van der Waals surface area contributed by atoms with Crippen molar-refractivity contribution in [2.45, 2.75) is 10.9 Å². The summed E-state index contributed by atoms with van der Waals surface area (Å²) < 4.78 is -0.755. The number of aliphatic carboxylic acids is 1. The Labute approximate surface area is 95.0 Å². The van der Waals surface area contributed by atoms with E-state index in [2.05, 4.69) is 15.9 Å². The molecule has 3 nitrogen and oxygen atoms in total. The highest BCUT2D eigenvalue weighted by Gasteiger charge is 2.26. The Morgan fingerprint density at radius 1 is 1.47 bits per heavy atom. The fourth-order valence-corrected chi connectivity index (χ4v) is 2.29. The van der Waals surface area contributed by atoms with E-state index in [4.69, 9.17) is 10.8 Å². The third-order valence-electron chi connectivity index (χ3n) is 2.39. The van der Waals surface area contributed by atoms with E-state index in [1.54, 1.807) is 6.07 Å². The minimum atomic E-state index is -0.912. The molecule has 15 heavy (non-hydrogen) atoms. The summed E-state index contributed by atoms with van der Waals surface area (Å²) >= 11 is 3.31. The van der Waals surface area contributed by atoms with Gasteiger partial charge < -0.3 is 10.8 Å². The van der Waals surface area contributed by atoms with Gasteiger partial charge in [-0.15, -0.1) is 0 Å². The molecule has 0 spiro atoms. The van der Waals surface area contributed by atoms with E-state index in [9.17, 15) is 4.79 Å². The van der Waals surface area contributed by atoms with Crippen LogP contribution in [0.3, 0.4) is 0 Å². The molecule has 1 aliphatic rings. The molecule has 0 amide bonds. The topological polar surface area (TPSA) is 63.3 Å². The molecule has 0 heterocycles. The Hall–Kier alpha value is -1.13. The second kappa shape index (κ2) is 3.47. The van der Waals surface area contributed by atoms with E-state index >= 15 is 0 Å². The summed E-state index contributed by atoms with van der Waals surface area (Å²) in [5.74, 6) is -0.912. The highest BCUT2D eigenvalue weighted by Crippen LogP contribution is 2.24. The lowest BCUT2D eigenvalue weighted by atomic mass is 9.96. The Bertz CT molecular complexity index is 534. The molecule has 0 bridgehead atoms. The van der Waals surface area contributed by atoms with Crippen molar-refractivity contribution in [2.75, 3.05) is 0 Å². The van der Waals surface area contributed by atoms with Gasteiger partial charge in [-0.05, 0) is 16.5 Å². The highest BCUT2D eigenvalue weighted by atomic mass is 79.9. The van der Waals surface area contributed by atoms with Crippen molar-refractivity contribution < 1.29 is 9.90 Å². The number of carbonyl (C=O) groups is 1. The van der Waals surface area contributed by atoms with E-state index in [-0.39, 0.29) is 0 Å². The second-order valence-electron chi connectivity index (χ2n) is 3.62. The Balaban J connectivity index is 2.83. The van der Waals surface area contributed by atoms with Crippen molar-refractivity contribution in [3.63, 3.8) is 0 Å². The lowest BCUT2D eigenvalue weighted by Gasteiger charge is -2.22. The van der Waals surface area contributed by atoms with Crippen molar-refractivity contribution >= 4 is 33.5 Å². The zero-order valence-corrected chi connectivity index (χ0v) is 9.49. The van der Waals surface area contributed by atoms with Gasteiger partial charge in [-0.25, -0.2) is 4.79 Å². The number of carboxylic acids is 1. The molecule has 2 rings (SSSR count). The fraction of sp³-hybridized carbons (Fsp3) is 0.182. The summed E-state index contributed by atoms with van der Waals surface area (Å²) in [6.07, 6.45) is 2.13. The van der Waals surface area contributed by atoms with Gasteiger partial charge >= 0.3 is 5.97 Å². The number of fused-ring (bicyclic) bond motifs is 1. The zero-order valence-electron chi connectivity index (χ0n) is 7.90. The average Bonchev–Trinajstić information content (AvgIpc) is 2.14. The number of alkyl halides is 1. The summed E-state index contributed by atoms with van der Waals surface area (Å²) in [6, 6.07) is 7.36. The predicted molar refractivity (Wildman–Crippen MR) is 61.7 cm³/mol. The van der Waals surface area contributed by atoms with Crippen LogP contribution in [0.1, 0.15) is 6.42 Å². The van der Waals surface area contributed by atoms with Crippen LogP contribution in [-0.2, 0) is 4.79 Å². The number of halogens is 1. The van der Waals surface area contributed by atoms with E-state index in [1.165, 1.54) is 0 Å². The molecule has 4 heteroatoms. The standard InChI is InChI=1S/C11H10BrNO2/c12-11(13)5-7-3-1-2-4-8(7)9(6-11)10(14)15/h1-5H,6,13H2,(H,14,15). The van der Waals surface area contributed by atoms with Crippen LogP contribution in [-0.4, -0.2) is 15.5 Å². The average molecular weight is 268 g/mol. The summed E-state index contributed by atoms with van der Waals surface area (Å²) in [4.78, 5) is 11.1. The van der Waals surface area contributed by atoms with Crippen LogP contribution in [0, 0.1) is 0 Å². The number of hydrogen-bond donors (Lipinski definition) is 2. The number of rotatable bonds is 1. The number of benzene rings is 1. The monoisotopic (exact) mass is 267 g/mol. The van der Waals surface area contributed by atoms with Crippen molar-refractivity contribution in [3.05, 3.63) is 34.7 Å². The van der Waals surface area contributed by atoms with Gasteiger partial charge in [0.25, 0.3) is 0 Å². The number of hydrogen-bond acceptors (Lipinski definition) is 2. The lowest BCUT2D eigenvalue weighted by Crippen LogP contribution is -2.43. The first-order valence-electron chi connectivity index (χ1n) is 4.52. The van der Waals surface area contributed by atoms with Gasteiger partial charge in [0, 0.05) is 12.0 Å². The molecule has 0 saturated heterocycles. The molecule has 0 aromatic heterocycles. The first-order valence-corrected chi connectivity index (χ1v) is 5.31. The molecule has 1 aromatic rings. The molecule has 1 atom stereocenters.